The van der Waals surface area contributed by atoms with Gasteiger partial charge in [-0.2, -0.15) is 0 Å². The van der Waals surface area contributed by atoms with Gasteiger partial charge in [0.15, 0.2) is 11.5 Å². The van der Waals surface area contributed by atoms with Crippen LogP contribution in [-0.2, 0) is 6.42 Å². The van der Waals surface area contributed by atoms with E-state index in [1.165, 1.54) is 5.56 Å². The van der Waals surface area contributed by atoms with Crippen LogP contribution in [-0.4, -0.2) is 17.7 Å². The molecular weight excluding hydrogens is 238 g/mol. The molecule has 1 aromatic carbocycles. The summed E-state index contributed by atoms with van der Waals surface area (Å²) in [4.78, 5) is 0. The van der Waals surface area contributed by atoms with Crippen LogP contribution in [0.4, 0.5) is 0 Å². The van der Waals surface area contributed by atoms with Crippen LogP contribution >= 0.6 is 0 Å². The van der Waals surface area contributed by atoms with Crippen molar-refractivity contribution >= 4 is 0 Å². The zero-order chi connectivity index (χ0) is 13.5. The molecule has 1 heterocycles. The second-order valence-electron chi connectivity index (χ2n) is 6.44. The lowest BCUT2D eigenvalue weighted by molar-refractivity contribution is 0.113. The Morgan fingerprint density at radius 2 is 1.95 bits per heavy atom. The van der Waals surface area contributed by atoms with Gasteiger partial charge in [-0.15, -0.1) is 0 Å². The first-order chi connectivity index (χ1) is 9.03. The molecule has 19 heavy (non-hydrogen) atoms. The zero-order valence-electron chi connectivity index (χ0n) is 11.8. The van der Waals surface area contributed by atoms with E-state index < -0.39 is 0 Å². The van der Waals surface area contributed by atoms with Gasteiger partial charge in [-0.1, -0.05) is 12.1 Å². The summed E-state index contributed by atoms with van der Waals surface area (Å²) in [6.07, 6.45) is 5.47. The second kappa shape index (κ2) is 4.71. The van der Waals surface area contributed by atoms with Gasteiger partial charge in [0.2, 0.25) is 0 Å². The first-order valence-electron chi connectivity index (χ1n) is 7.27. The summed E-state index contributed by atoms with van der Waals surface area (Å²) in [6, 6.07) is 6.58. The zero-order valence-corrected chi connectivity index (χ0v) is 11.8. The normalized spacial score (nSPS) is 28.6. The van der Waals surface area contributed by atoms with Crippen LogP contribution in [0.25, 0.3) is 0 Å². The molecule has 0 aromatic heterocycles. The fourth-order valence-electron chi connectivity index (χ4n) is 3.07. The maximum absolute atomic E-state index is 6.16. The molecule has 1 aromatic rings. The molecule has 1 fully saturated rings. The number of ether oxygens (including phenoxy) is 2. The highest BCUT2D eigenvalue weighted by Crippen LogP contribution is 2.42. The predicted molar refractivity (Wildman–Crippen MR) is 75.7 cm³/mol. The Morgan fingerprint density at radius 1 is 1.21 bits per heavy atom. The molecule has 2 aliphatic rings. The third kappa shape index (κ3) is 2.71. The fraction of sp³-hybridized carbons (Fsp3) is 0.625. The summed E-state index contributed by atoms with van der Waals surface area (Å²) in [5.74, 6) is 1.85. The van der Waals surface area contributed by atoms with E-state index in [0.29, 0.717) is 12.1 Å². The van der Waals surface area contributed by atoms with Crippen molar-refractivity contribution in [3.8, 4) is 11.5 Å². The van der Waals surface area contributed by atoms with E-state index in [9.17, 15) is 0 Å². The third-order valence-electron chi connectivity index (χ3n) is 4.07. The summed E-state index contributed by atoms with van der Waals surface area (Å²) in [7, 11) is 0. The predicted octanol–water partition coefficient (Wildman–Crippen LogP) is 3.05. The van der Waals surface area contributed by atoms with Gasteiger partial charge in [0.1, 0.15) is 5.60 Å². The minimum Gasteiger partial charge on any atom is -0.487 e. The average Bonchev–Trinajstić information content (AvgIpc) is 2.67. The van der Waals surface area contributed by atoms with Gasteiger partial charge in [-0.05, 0) is 45.6 Å². The molecule has 0 saturated heterocycles. The van der Waals surface area contributed by atoms with Crippen LogP contribution in [0.1, 0.15) is 45.1 Å². The molecule has 0 atom stereocenters. The van der Waals surface area contributed by atoms with E-state index in [-0.39, 0.29) is 5.60 Å². The molecule has 1 aliphatic heterocycles. The van der Waals surface area contributed by atoms with Crippen LogP contribution in [0.5, 0.6) is 11.5 Å². The third-order valence-corrected chi connectivity index (χ3v) is 4.07. The highest BCUT2D eigenvalue weighted by molar-refractivity contribution is 5.50. The summed E-state index contributed by atoms with van der Waals surface area (Å²) in [5, 5.41) is 0. The minimum atomic E-state index is -0.114. The Kier molecular flexibility index (Phi) is 3.17. The van der Waals surface area contributed by atoms with Crippen molar-refractivity contribution in [2.45, 2.75) is 63.7 Å². The maximum Gasteiger partial charge on any atom is 0.165 e. The van der Waals surface area contributed by atoms with Crippen molar-refractivity contribution in [3.05, 3.63) is 23.8 Å². The van der Waals surface area contributed by atoms with Gasteiger partial charge in [0.25, 0.3) is 0 Å². The van der Waals surface area contributed by atoms with E-state index in [4.69, 9.17) is 15.2 Å². The summed E-state index contributed by atoms with van der Waals surface area (Å²) >= 11 is 0. The van der Waals surface area contributed by atoms with Crippen LogP contribution in [0.2, 0.25) is 0 Å². The Hall–Kier alpha value is -1.22. The molecule has 2 N–H and O–H groups in total. The molecule has 3 heteroatoms. The molecule has 104 valence electrons. The van der Waals surface area contributed by atoms with E-state index in [0.717, 1.165) is 43.6 Å². The number of hydrogen-bond acceptors (Lipinski definition) is 3. The van der Waals surface area contributed by atoms with Gasteiger partial charge in [0.05, 0.1) is 6.10 Å². The highest BCUT2D eigenvalue weighted by Gasteiger charge is 2.33. The van der Waals surface area contributed by atoms with Gasteiger partial charge < -0.3 is 15.2 Å². The molecule has 1 saturated carbocycles. The Labute approximate surface area is 115 Å². The Balaban J connectivity index is 1.75. The summed E-state index contributed by atoms with van der Waals surface area (Å²) in [5.41, 5.74) is 7.08. The number of nitrogens with two attached hydrogens (primary N) is 1. The van der Waals surface area contributed by atoms with Gasteiger partial charge in [-0.3, -0.25) is 0 Å². The lowest BCUT2D eigenvalue weighted by Crippen LogP contribution is -2.31. The summed E-state index contributed by atoms with van der Waals surface area (Å²) < 4.78 is 12.2. The standard InChI is InChI=1S/C16H23NO2/c1-16(2)10-11-4-3-5-14(15(11)19-16)18-13-8-6-12(17)7-9-13/h3-5,12-13H,6-10,17H2,1-2H3. The first-order valence-corrected chi connectivity index (χ1v) is 7.27. The second-order valence-corrected chi connectivity index (χ2v) is 6.44. The van der Waals surface area contributed by atoms with Crippen LogP contribution in [0, 0.1) is 0 Å². The molecule has 0 amide bonds. The highest BCUT2D eigenvalue weighted by atomic mass is 16.5. The van der Waals surface area contributed by atoms with E-state index in [1.807, 2.05) is 6.07 Å². The van der Waals surface area contributed by atoms with Crippen molar-refractivity contribution in [2.75, 3.05) is 0 Å². The minimum absolute atomic E-state index is 0.114. The molecule has 0 radical (unpaired) electrons. The number of hydrogen-bond donors (Lipinski definition) is 1. The molecule has 1 aliphatic carbocycles. The van der Waals surface area contributed by atoms with E-state index in [2.05, 4.69) is 26.0 Å². The van der Waals surface area contributed by atoms with Gasteiger partial charge in [-0.25, -0.2) is 0 Å². The quantitative estimate of drug-likeness (QED) is 0.890. The summed E-state index contributed by atoms with van der Waals surface area (Å²) in [6.45, 7) is 4.24. The number of rotatable bonds is 2. The van der Waals surface area contributed by atoms with Crippen molar-refractivity contribution in [1.82, 2.24) is 0 Å². The monoisotopic (exact) mass is 261 g/mol. The van der Waals surface area contributed by atoms with Crippen LogP contribution in [0.15, 0.2) is 18.2 Å². The van der Waals surface area contributed by atoms with Crippen molar-refractivity contribution in [3.63, 3.8) is 0 Å². The Bertz CT molecular complexity index is 462. The average molecular weight is 261 g/mol. The molecule has 0 spiro atoms. The molecule has 0 unspecified atom stereocenters. The number of benzene rings is 1. The van der Waals surface area contributed by atoms with E-state index >= 15 is 0 Å². The van der Waals surface area contributed by atoms with Crippen molar-refractivity contribution in [2.24, 2.45) is 5.73 Å². The fourth-order valence-corrected chi connectivity index (χ4v) is 3.07. The van der Waals surface area contributed by atoms with Crippen molar-refractivity contribution in [1.29, 1.82) is 0 Å². The smallest absolute Gasteiger partial charge is 0.165 e. The van der Waals surface area contributed by atoms with Gasteiger partial charge in [0, 0.05) is 18.0 Å². The van der Waals surface area contributed by atoms with E-state index in [1.54, 1.807) is 0 Å². The molecular formula is C16H23NO2. The first kappa shape index (κ1) is 12.8. The van der Waals surface area contributed by atoms with Crippen molar-refractivity contribution < 1.29 is 9.47 Å². The number of para-hydroxylation sites is 1. The molecule has 0 bridgehead atoms. The SMILES string of the molecule is CC1(C)Cc2cccc(OC3CCC(N)CC3)c2O1. The lowest BCUT2D eigenvalue weighted by atomic mass is 9.93. The molecule has 3 rings (SSSR count). The maximum atomic E-state index is 6.16. The molecule has 3 nitrogen and oxygen atoms in total. The Morgan fingerprint density at radius 3 is 2.68 bits per heavy atom. The topological polar surface area (TPSA) is 44.5 Å². The lowest BCUT2D eigenvalue weighted by Gasteiger charge is -2.27. The van der Waals surface area contributed by atoms with Crippen LogP contribution in [0.3, 0.4) is 0 Å². The van der Waals surface area contributed by atoms with Crippen LogP contribution < -0.4 is 15.2 Å². The number of fused-ring (bicyclic) bond motifs is 1. The largest absolute Gasteiger partial charge is 0.487 e. The van der Waals surface area contributed by atoms with Gasteiger partial charge >= 0.3 is 0 Å².